The quantitative estimate of drug-likeness (QED) is 0.600. The topological polar surface area (TPSA) is 9.23 Å². The van der Waals surface area contributed by atoms with Crippen LogP contribution in [-0.4, -0.2) is 0 Å². The maximum absolute atomic E-state index is 11.4. The van der Waals surface area contributed by atoms with Crippen LogP contribution in [0.2, 0.25) is 0 Å². The van der Waals surface area contributed by atoms with Gasteiger partial charge in [0.25, 0.3) is 0 Å². The van der Waals surface area contributed by atoms with E-state index in [0.29, 0.717) is 0 Å². The Morgan fingerprint density at radius 2 is 1.44 bits per heavy atom. The highest BCUT2D eigenvalue weighted by Crippen LogP contribution is 2.24. The first kappa shape index (κ1) is 8.84. The second-order valence-corrected chi connectivity index (χ2v) is 2.22. The number of hydrogen-bond acceptors (Lipinski definition) is 3. The Kier molecular flexibility index (Phi) is 4.61. The molecular weight excluding hydrogens is 166 g/mol. The molecule has 0 aromatic heterocycles. The normalized spacial score (nSPS) is 8.67. The van der Waals surface area contributed by atoms with Crippen molar-refractivity contribution in [3.63, 3.8) is 0 Å². The highest BCUT2D eigenvalue weighted by Gasteiger charge is 1.98. The van der Waals surface area contributed by atoms with Gasteiger partial charge in [0.05, 0.1) is 0 Å². The maximum Gasteiger partial charge on any atom is 0.186 e. The Bertz CT molecular complexity index is 112. The highest BCUT2D eigenvalue weighted by atomic mass is 32.2. The van der Waals surface area contributed by atoms with Gasteiger partial charge in [-0.2, -0.15) is 7.77 Å². The van der Waals surface area contributed by atoms with E-state index in [4.69, 9.17) is 0 Å². The molecule has 0 aliphatic rings. The van der Waals surface area contributed by atoms with Gasteiger partial charge in [-0.05, 0) is 13.2 Å². The first-order valence-corrected chi connectivity index (χ1v) is 3.27. The molecule has 0 saturated carbocycles. The van der Waals surface area contributed by atoms with E-state index >= 15 is 0 Å². The number of halogens is 2. The second kappa shape index (κ2) is 4.69. The largest absolute Gasteiger partial charge is 0.440 e. The Morgan fingerprint density at radius 1 is 1.11 bits per heavy atom. The summed E-state index contributed by atoms with van der Waals surface area (Å²) in [7, 11) is 0. The number of ether oxygens (including phenoxy) is 1. The van der Waals surface area contributed by atoms with Crippen molar-refractivity contribution in [1.29, 1.82) is 0 Å². The van der Waals surface area contributed by atoms with Gasteiger partial charge in [0, 0.05) is 0 Å². The molecule has 0 amide bonds. The molecule has 0 fully saturated rings. The Morgan fingerprint density at radius 3 is 1.67 bits per heavy atom. The molecule has 0 aromatic carbocycles. The lowest BCUT2D eigenvalue weighted by molar-refractivity contribution is 0.374. The highest BCUT2D eigenvalue weighted by molar-refractivity contribution is 7.98. The molecule has 0 heterocycles. The van der Waals surface area contributed by atoms with Crippen LogP contribution in [0, 0.1) is 0 Å². The summed E-state index contributed by atoms with van der Waals surface area (Å²) in [5.41, 5.74) is 0. The van der Waals surface area contributed by atoms with Crippen molar-refractivity contribution < 1.29 is 12.5 Å². The van der Waals surface area contributed by atoms with Crippen molar-refractivity contribution in [2.45, 2.75) is 0 Å². The molecule has 5 heteroatoms. The molecule has 0 aliphatic carbocycles. The number of rotatable bonds is 4. The van der Waals surface area contributed by atoms with Crippen molar-refractivity contribution in [2.24, 2.45) is 0 Å². The summed E-state index contributed by atoms with van der Waals surface area (Å²) in [6, 6.07) is 0. The summed E-state index contributed by atoms with van der Waals surface area (Å²) >= 11 is -0.378. The fourth-order valence-electron chi connectivity index (χ4n) is 0.158. The van der Waals surface area contributed by atoms with E-state index in [0.717, 1.165) is 0 Å². The van der Waals surface area contributed by atoms with Crippen LogP contribution in [0.5, 0.6) is 0 Å². The smallest absolute Gasteiger partial charge is 0.186 e. The summed E-state index contributed by atoms with van der Waals surface area (Å²) in [5, 5.41) is -0.435. The van der Waals surface area contributed by atoms with Crippen molar-refractivity contribution in [1.82, 2.24) is 0 Å². The average molecular weight is 170 g/mol. The van der Waals surface area contributed by atoms with Gasteiger partial charge < -0.3 is 4.74 Å². The lowest BCUT2D eigenvalue weighted by Gasteiger charge is -1.99. The molecule has 0 aliphatic heterocycles. The van der Waals surface area contributed by atoms with Crippen molar-refractivity contribution in [3.8, 4) is 0 Å². The summed E-state index contributed by atoms with van der Waals surface area (Å²) in [4.78, 5) is 0. The average Bonchev–Trinajstić information content (AvgIpc) is 1.87. The third kappa shape index (κ3) is 4.35. The van der Waals surface area contributed by atoms with Crippen molar-refractivity contribution >= 4 is 24.3 Å². The van der Waals surface area contributed by atoms with Gasteiger partial charge in [-0.15, -0.1) is 0 Å². The van der Waals surface area contributed by atoms with Crippen molar-refractivity contribution in [2.75, 3.05) is 0 Å². The molecule has 0 radical (unpaired) electrons. The van der Waals surface area contributed by atoms with E-state index in [-0.39, 0.29) is 34.5 Å². The fourth-order valence-corrected chi connectivity index (χ4v) is 0.475. The van der Waals surface area contributed by atoms with Gasteiger partial charge in [0.15, 0.2) is 10.2 Å². The molecule has 0 unspecified atom stereocenters. The second-order valence-electron chi connectivity index (χ2n) is 1.00. The Labute approximate surface area is 60.7 Å². The maximum atomic E-state index is 11.4. The fraction of sp³-hybridized carbons (Fsp3) is 0. The molecule has 0 aromatic rings. The lowest BCUT2D eigenvalue weighted by Crippen LogP contribution is -1.78. The summed E-state index contributed by atoms with van der Waals surface area (Å²) in [6.45, 7) is 6.17. The van der Waals surface area contributed by atoms with E-state index in [1.807, 2.05) is 0 Å². The van der Waals surface area contributed by atoms with Gasteiger partial charge in [-0.3, -0.25) is 0 Å². The molecule has 0 N–H and O–H groups in total. The minimum absolute atomic E-state index is 0.189. The van der Waals surface area contributed by atoms with Gasteiger partial charge in [-0.1, -0.05) is 0 Å². The van der Waals surface area contributed by atoms with E-state index in [1.54, 1.807) is 0 Å². The van der Waals surface area contributed by atoms with Gasteiger partial charge >= 0.3 is 0 Å². The minimum Gasteiger partial charge on any atom is -0.440 e. The van der Waals surface area contributed by atoms with Gasteiger partial charge in [0.2, 0.25) is 0 Å². The summed E-state index contributed by atoms with van der Waals surface area (Å²) < 4.78 is 27.1. The van der Waals surface area contributed by atoms with Gasteiger partial charge in [0.1, 0.15) is 24.3 Å². The summed E-state index contributed by atoms with van der Waals surface area (Å²) in [6.07, 6.45) is 0. The van der Waals surface area contributed by atoms with E-state index in [2.05, 4.69) is 17.9 Å². The van der Waals surface area contributed by atoms with Gasteiger partial charge in [-0.25, -0.2) is 0 Å². The molecule has 0 atom stereocenters. The minimum atomic E-state index is -0.217. The molecule has 9 heavy (non-hydrogen) atoms. The molecule has 52 valence electrons. The number of hydrogen-bond donors (Lipinski definition) is 0. The third-order valence-corrected chi connectivity index (χ3v) is 0.911. The predicted octanol–water partition coefficient (Wildman–Crippen LogP) is 3.18. The SMILES string of the molecule is C=C(OC(=C)SF)SF. The van der Waals surface area contributed by atoms with Crippen LogP contribution in [0.3, 0.4) is 0 Å². The van der Waals surface area contributed by atoms with E-state index in [1.165, 1.54) is 0 Å². The van der Waals surface area contributed by atoms with Crippen LogP contribution in [-0.2, 0) is 4.74 Å². The van der Waals surface area contributed by atoms with Crippen LogP contribution >= 0.6 is 24.3 Å². The monoisotopic (exact) mass is 170 g/mol. The zero-order chi connectivity index (χ0) is 7.28. The molecule has 1 nitrogen and oxygen atoms in total. The third-order valence-electron chi connectivity index (χ3n) is 0.400. The zero-order valence-electron chi connectivity index (χ0n) is 4.39. The lowest BCUT2D eigenvalue weighted by atomic mass is 11.0. The summed E-state index contributed by atoms with van der Waals surface area (Å²) in [5.74, 6) is 0. The van der Waals surface area contributed by atoms with Crippen LogP contribution in [0.15, 0.2) is 23.3 Å². The zero-order valence-corrected chi connectivity index (χ0v) is 6.03. The molecule has 0 spiro atoms. The molecular formula is C4H4F2OS2. The van der Waals surface area contributed by atoms with Crippen LogP contribution < -0.4 is 0 Å². The van der Waals surface area contributed by atoms with E-state index < -0.39 is 0 Å². The first-order valence-electron chi connectivity index (χ1n) is 1.83. The molecule has 0 bridgehead atoms. The standard InChI is InChI=1S/C4H4F2OS2/c1-3(8-5)7-4(2)9-6/h1-2H2. The first-order chi connectivity index (χ1) is 4.20. The molecule has 0 rings (SSSR count). The Balaban J connectivity index is 3.47. The molecule has 0 saturated heterocycles. The van der Waals surface area contributed by atoms with Crippen LogP contribution in [0.1, 0.15) is 0 Å². The van der Waals surface area contributed by atoms with Crippen LogP contribution in [0.25, 0.3) is 0 Å². The van der Waals surface area contributed by atoms with Crippen LogP contribution in [0.4, 0.5) is 7.77 Å². The predicted molar refractivity (Wildman–Crippen MR) is 36.8 cm³/mol. The Hall–Kier alpha value is -0.160. The van der Waals surface area contributed by atoms with E-state index in [9.17, 15) is 7.77 Å². The van der Waals surface area contributed by atoms with Crippen molar-refractivity contribution in [3.05, 3.63) is 23.3 Å².